The summed E-state index contributed by atoms with van der Waals surface area (Å²) in [5.41, 5.74) is 7.73. The molecule has 1 aliphatic heterocycles. The monoisotopic (exact) mass is 992 g/mol. The minimum Gasteiger partial charge on any atom is -0.387 e. The number of benzene rings is 9. The lowest BCUT2D eigenvalue weighted by Crippen LogP contribution is -2.45. The third-order valence-electron chi connectivity index (χ3n) is 15.1. The molecule has 0 radical (unpaired) electrons. The van der Waals surface area contributed by atoms with E-state index in [1.165, 1.54) is 0 Å². The van der Waals surface area contributed by atoms with Crippen LogP contribution in [0.4, 0.5) is 0 Å². The van der Waals surface area contributed by atoms with Crippen molar-refractivity contribution in [3.63, 3.8) is 0 Å². The highest BCUT2D eigenvalue weighted by Crippen LogP contribution is 2.48. The van der Waals surface area contributed by atoms with Gasteiger partial charge in [0.1, 0.15) is 41.4 Å². The molecule has 2 aromatic heterocycles. The Balaban J connectivity index is 1.02. The summed E-state index contributed by atoms with van der Waals surface area (Å²) in [6, 6.07) is 93.2. The lowest BCUT2D eigenvalue weighted by atomic mass is 9.66. The number of rotatable bonds is 17. The van der Waals surface area contributed by atoms with Gasteiger partial charge in [0, 0.05) is 6.42 Å². The average Bonchev–Trinajstić information content (AvgIpc) is 4.09. The third kappa shape index (κ3) is 8.71. The molecule has 372 valence electrons. The lowest BCUT2D eigenvalue weighted by Gasteiger charge is -2.40. The Labute approximate surface area is 443 Å². The van der Waals surface area contributed by atoms with E-state index in [1.54, 1.807) is 12.7 Å². The first-order chi connectivity index (χ1) is 37.6. The molecule has 0 unspecified atom stereocenters. The van der Waals surface area contributed by atoms with Crippen molar-refractivity contribution in [2.75, 3.05) is 6.61 Å². The second-order valence-corrected chi connectivity index (χ2v) is 19.3. The van der Waals surface area contributed by atoms with Crippen LogP contribution in [0.15, 0.2) is 286 Å². The van der Waals surface area contributed by atoms with Gasteiger partial charge in [0.25, 0.3) is 0 Å². The topological polar surface area (TPSA) is 91.5 Å². The van der Waals surface area contributed by atoms with Crippen molar-refractivity contribution in [3.05, 3.63) is 341 Å². The van der Waals surface area contributed by atoms with Crippen LogP contribution in [0.25, 0.3) is 11.2 Å². The highest BCUT2D eigenvalue weighted by molar-refractivity contribution is 5.74. The number of ether oxygens (including phenoxy) is 3. The molecule has 8 heteroatoms. The van der Waals surface area contributed by atoms with E-state index in [0.717, 1.165) is 55.8 Å². The van der Waals surface area contributed by atoms with E-state index >= 15 is 0 Å². The van der Waals surface area contributed by atoms with E-state index in [-0.39, 0.29) is 6.61 Å². The highest BCUT2D eigenvalue weighted by Gasteiger charge is 2.53. The molecule has 8 nitrogen and oxygen atoms in total. The molecule has 12 rings (SSSR count). The summed E-state index contributed by atoms with van der Waals surface area (Å²) in [5, 5.41) is 13.3. The average molecular weight is 993 g/mol. The number of nitrogens with zero attached hydrogens (tertiary/aromatic N) is 4. The van der Waals surface area contributed by atoms with E-state index < -0.39 is 41.2 Å². The first-order valence-electron chi connectivity index (χ1n) is 25.9. The zero-order valence-electron chi connectivity index (χ0n) is 41.8. The Hall–Kier alpha value is -8.63. The van der Waals surface area contributed by atoms with E-state index in [2.05, 4.69) is 164 Å². The molecule has 4 atom stereocenters. The van der Waals surface area contributed by atoms with Crippen molar-refractivity contribution in [2.45, 2.75) is 47.6 Å². The number of aliphatic hydroxyl groups is 1. The molecule has 9 aromatic carbocycles. The van der Waals surface area contributed by atoms with E-state index in [1.807, 2.05) is 114 Å². The van der Waals surface area contributed by atoms with Crippen LogP contribution < -0.4 is 0 Å². The molecule has 1 saturated heterocycles. The second-order valence-electron chi connectivity index (χ2n) is 19.3. The molecule has 1 fully saturated rings. The molecule has 3 heterocycles. The van der Waals surface area contributed by atoms with Gasteiger partial charge >= 0.3 is 0 Å². The largest absolute Gasteiger partial charge is 0.387 e. The summed E-state index contributed by atoms with van der Waals surface area (Å²) in [6.07, 6.45) is -0.306. The summed E-state index contributed by atoms with van der Waals surface area (Å²) < 4.78 is 24.5. The predicted octanol–water partition coefficient (Wildman–Crippen LogP) is 13.0. The SMILES string of the molecule is O[C@H]1[C@@H](OC(c2ccccc2)(c2ccccc2)c2ccccc2)[C@H](n2cnc3c(CC(c4ccccc4)(c4ccccc4)c4ccccc4)ncnc32)O[C@@H]1COC(c1ccccc1)(c1ccccc1)c1ccccc1. The van der Waals surface area contributed by atoms with Crippen molar-refractivity contribution < 1.29 is 19.3 Å². The van der Waals surface area contributed by atoms with Gasteiger partial charge in [-0.05, 0) is 50.1 Å². The van der Waals surface area contributed by atoms with Gasteiger partial charge in [-0.1, -0.05) is 273 Å². The van der Waals surface area contributed by atoms with E-state index in [4.69, 9.17) is 29.2 Å². The first-order valence-corrected chi connectivity index (χ1v) is 25.9. The zero-order chi connectivity index (χ0) is 51.2. The summed E-state index contributed by atoms with van der Waals surface area (Å²) in [6.45, 7) is -0.0220. The fourth-order valence-electron chi connectivity index (χ4n) is 11.6. The van der Waals surface area contributed by atoms with Gasteiger partial charge in [-0.15, -0.1) is 0 Å². The smallest absolute Gasteiger partial charge is 0.166 e. The van der Waals surface area contributed by atoms with Crippen LogP contribution in [0.5, 0.6) is 0 Å². The summed E-state index contributed by atoms with van der Waals surface area (Å²) in [4.78, 5) is 15.2. The third-order valence-corrected chi connectivity index (χ3v) is 15.1. The molecular weight excluding hydrogens is 937 g/mol. The maximum absolute atomic E-state index is 13.3. The van der Waals surface area contributed by atoms with Gasteiger partial charge in [-0.3, -0.25) is 4.57 Å². The summed E-state index contributed by atoms with van der Waals surface area (Å²) in [5.74, 6) is 0. The first kappa shape index (κ1) is 48.3. The van der Waals surface area contributed by atoms with Gasteiger partial charge in [0.05, 0.1) is 24.0 Å². The molecule has 0 spiro atoms. The van der Waals surface area contributed by atoms with Crippen LogP contribution >= 0.6 is 0 Å². The van der Waals surface area contributed by atoms with Crippen molar-refractivity contribution in [2.24, 2.45) is 0 Å². The van der Waals surface area contributed by atoms with E-state index in [0.29, 0.717) is 17.6 Å². The van der Waals surface area contributed by atoms with Gasteiger partial charge in [-0.2, -0.15) is 0 Å². The van der Waals surface area contributed by atoms with Crippen LogP contribution in [0, 0.1) is 0 Å². The highest BCUT2D eigenvalue weighted by atomic mass is 16.6. The number of aliphatic hydroxyl groups excluding tert-OH is 1. The molecule has 0 bridgehead atoms. The fourth-order valence-corrected chi connectivity index (χ4v) is 11.6. The normalized spacial score (nSPS) is 16.9. The number of fused-ring (bicyclic) bond motifs is 1. The van der Waals surface area contributed by atoms with E-state index in [9.17, 15) is 5.11 Å². The van der Waals surface area contributed by atoms with Crippen LogP contribution in [-0.2, 0) is 37.2 Å². The Bertz CT molecular complexity index is 3310. The molecule has 11 aromatic rings. The van der Waals surface area contributed by atoms with Crippen molar-refractivity contribution in [3.8, 4) is 0 Å². The number of hydrogen-bond donors (Lipinski definition) is 1. The maximum atomic E-state index is 13.3. The van der Waals surface area contributed by atoms with Crippen LogP contribution in [0.1, 0.15) is 62.0 Å². The minimum absolute atomic E-state index is 0.0220. The van der Waals surface area contributed by atoms with Crippen molar-refractivity contribution in [1.82, 2.24) is 19.5 Å². The quantitative estimate of drug-likeness (QED) is 0.0909. The van der Waals surface area contributed by atoms with Gasteiger partial charge < -0.3 is 19.3 Å². The minimum atomic E-state index is -1.24. The van der Waals surface area contributed by atoms with Crippen molar-refractivity contribution >= 4 is 11.2 Å². The standard InChI is InChI=1S/C68H56N4O4/c73-62-60(47-74-67(53-34-16-4-17-35-53,54-36-18-5-19-37-54)55-38-20-6-21-39-55)75-65(63(62)76-68(56-40-22-7-23-41-56,57-42-24-8-25-43-57)58-44-26-9-27-45-58)72-49-71-61-59(69-48-70-64(61)72)46-66(50-28-10-1-11-29-50,51-30-12-2-13-31-51)52-32-14-3-15-33-52/h1-45,48-49,60,62-63,65,73H,46-47H2/t60-,62-,63-,65-/m1/s1. The summed E-state index contributed by atoms with van der Waals surface area (Å²) >= 11 is 0. The molecule has 1 N–H and O–H groups in total. The number of hydrogen-bond acceptors (Lipinski definition) is 7. The van der Waals surface area contributed by atoms with Gasteiger partial charge in [0.15, 0.2) is 11.9 Å². The second kappa shape index (κ2) is 21.3. The molecule has 0 aliphatic carbocycles. The van der Waals surface area contributed by atoms with Crippen LogP contribution in [0.2, 0.25) is 0 Å². The van der Waals surface area contributed by atoms with Gasteiger partial charge in [-0.25, -0.2) is 15.0 Å². The number of aromatic nitrogens is 4. The molecular formula is C68H56N4O4. The molecule has 0 saturated carbocycles. The summed E-state index contributed by atoms with van der Waals surface area (Å²) in [7, 11) is 0. The molecule has 1 aliphatic rings. The zero-order valence-corrected chi connectivity index (χ0v) is 41.8. The predicted molar refractivity (Wildman–Crippen MR) is 297 cm³/mol. The Kier molecular flexibility index (Phi) is 13.5. The molecule has 0 amide bonds. The van der Waals surface area contributed by atoms with Crippen molar-refractivity contribution in [1.29, 1.82) is 0 Å². The molecule has 76 heavy (non-hydrogen) atoms. The Morgan fingerprint density at radius 1 is 0.421 bits per heavy atom. The Morgan fingerprint density at radius 2 is 0.763 bits per heavy atom. The number of imidazole rings is 1. The fraction of sp³-hybridized carbons (Fsp3) is 0.132. The van der Waals surface area contributed by atoms with Crippen LogP contribution in [-0.4, -0.2) is 49.5 Å². The Morgan fingerprint density at radius 3 is 1.13 bits per heavy atom. The van der Waals surface area contributed by atoms with Gasteiger partial charge in [0.2, 0.25) is 0 Å². The lowest BCUT2D eigenvalue weighted by molar-refractivity contribution is -0.122. The van der Waals surface area contributed by atoms with Crippen LogP contribution in [0.3, 0.4) is 0 Å². The maximum Gasteiger partial charge on any atom is 0.166 e.